The van der Waals surface area contributed by atoms with Crippen molar-refractivity contribution >= 4 is 11.6 Å². The third-order valence-corrected chi connectivity index (χ3v) is 12.7. The van der Waals surface area contributed by atoms with Gasteiger partial charge >= 0.3 is 0 Å². The fraction of sp³-hybridized carbons (Fsp3) is 0.240. The molecule has 50 heavy (non-hydrogen) atoms. The van der Waals surface area contributed by atoms with E-state index in [1.807, 2.05) is 0 Å². The first kappa shape index (κ1) is 29.9. The van der Waals surface area contributed by atoms with Crippen LogP contribution in [0.1, 0.15) is 99.2 Å². The lowest BCUT2D eigenvalue weighted by Crippen LogP contribution is -2.32. The Balaban J connectivity index is 1.06. The molecule has 5 aromatic carbocycles. The quantitative estimate of drug-likeness (QED) is 0.168. The molecule has 0 aliphatic heterocycles. The summed E-state index contributed by atoms with van der Waals surface area (Å²) in [5, 5.41) is 2.78. The van der Waals surface area contributed by atoms with Crippen molar-refractivity contribution in [1.29, 1.82) is 0 Å². The van der Waals surface area contributed by atoms with Crippen LogP contribution in [-0.4, -0.2) is 0 Å². The number of benzene rings is 5. The molecule has 0 nitrogen and oxygen atoms in total. The second-order valence-corrected chi connectivity index (χ2v) is 17.3. The first-order chi connectivity index (χ1) is 23.9. The van der Waals surface area contributed by atoms with Crippen LogP contribution in [0.15, 0.2) is 127 Å². The molecule has 0 N–H and O–H groups in total. The van der Waals surface area contributed by atoms with Crippen LogP contribution >= 0.6 is 0 Å². The summed E-state index contributed by atoms with van der Waals surface area (Å²) in [6, 6.07) is 35.2. The van der Waals surface area contributed by atoms with Gasteiger partial charge in [-0.1, -0.05) is 158 Å². The van der Waals surface area contributed by atoms with Crippen molar-refractivity contribution in [2.24, 2.45) is 5.41 Å². The zero-order valence-corrected chi connectivity index (χ0v) is 30.3. The summed E-state index contributed by atoms with van der Waals surface area (Å²) in [4.78, 5) is 0. The monoisotopic (exact) mass is 644 g/mol. The highest BCUT2D eigenvalue weighted by Gasteiger charge is 2.38. The van der Waals surface area contributed by atoms with Crippen LogP contribution in [0, 0.1) is 5.41 Å². The van der Waals surface area contributed by atoms with Crippen LogP contribution in [0.2, 0.25) is 0 Å². The van der Waals surface area contributed by atoms with Crippen molar-refractivity contribution < 1.29 is 0 Å². The van der Waals surface area contributed by atoms with Gasteiger partial charge in [-0.15, -0.1) is 0 Å². The van der Waals surface area contributed by atoms with Gasteiger partial charge in [0.1, 0.15) is 0 Å². The molecule has 244 valence electrons. The highest BCUT2D eigenvalue weighted by Crippen LogP contribution is 2.52. The van der Waals surface area contributed by atoms with Gasteiger partial charge in [-0.2, -0.15) is 0 Å². The maximum atomic E-state index is 2.50. The van der Waals surface area contributed by atoms with Gasteiger partial charge < -0.3 is 0 Å². The zero-order chi connectivity index (χ0) is 34.3. The van der Waals surface area contributed by atoms with E-state index < -0.39 is 0 Å². The maximum Gasteiger partial charge on any atom is 0.0214 e. The molecule has 0 heterocycles. The molecule has 0 saturated carbocycles. The molecule has 0 spiro atoms. The maximum absolute atomic E-state index is 2.50. The van der Waals surface area contributed by atoms with Crippen molar-refractivity contribution in [2.75, 3.05) is 0 Å². The summed E-state index contributed by atoms with van der Waals surface area (Å²) in [7, 11) is 0. The molecule has 0 amide bonds. The molecule has 5 aliphatic carbocycles. The van der Waals surface area contributed by atoms with Crippen LogP contribution in [0.25, 0.3) is 45.0 Å². The minimum atomic E-state index is -0.106. The molecule has 5 aromatic rings. The second-order valence-electron chi connectivity index (χ2n) is 17.3. The van der Waals surface area contributed by atoms with Crippen LogP contribution < -0.4 is 10.4 Å². The lowest BCUT2D eigenvalue weighted by molar-refractivity contribution is 0.519. The SMILES string of the molecule is CC(C)(C)C1=CC2C=CC3C=CC(c4ccc5c(c4)C(C)(C)c4cc(-c6ccc7c(c6)C(C)(C)c6ccccc6-7)ccc4-5)=c4ccc(c2c43)=C1. The van der Waals surface area contributed by atoms with Crippen molar-refractivity contribution in [3.8, 4) is 33.4 Å². The molecular formula is C50H44. The van der Waals surface area contributed by atoms with Crippen LogP contribution in [0.3, 0.4) is 0 Å². The van der Waals surface area contributed by atoms with Gasteiger partial charge in [0.05, 0.1) is 0 Å². The smallest absolute Gasteiger partial charge is 0.0214 e. The lowest BCUT2D eigenvalue weighted by Gasteiger charge is -2.32. The van der Waals surface area contributed by atoms with Gasteiger partial charge in [0.2, 0.25) is 0 Å². The average molecular weight is 645 g/mol. The Morgan fingerprint density at radius 1 is 0.520 bits per heavy atom. The van der Waals surface area contributed by atoms with Crippen molar-refractivity contribution in [3.63, 3.8) is 0 Å². The summed E-state index contributed by atoms with van der Waals surface area (Å²) in [6.45, 7) is 16.5. The predicted octanol–water partition coefficient (Wildman–Crippen LogP) is 11.2. The molecule has 0 radical (unpaired) electrons. The van der Waals surface area contributed by atoms with E-state index >= 15 is 0 Å². The van der Waals surface area contributed by atoms with Gasteiger partial charge in [-0.3, -0.25) is 0 Å². The average Bonchev–Trinajstić information content (AvgIpc) is 3.48. The van der Waals surface area contributed by atoms with E-state index in [2.05, 4.69) is 176 Å². The minimum Gasteiger partial charge on any atom is -0.0763 e. The molecule has 0 heteroatoms. The van der Waals surface area contributed by atoms with Crippen molar-refractivity contribution in [3.05, 3.63) is 176 Å². The second kappa shape index (κ2) is 9.85. The Kier molecular flexibility index (Phi) is 5.90. The third-order valence-electron chi connectivity index (χ3n) is 12.7. The Morgan fingerprint density at radius 3 is 1.74 bits per heavy atom. The number of hydrogen-bond acceptors (Lipinski definition) is 0. The summed E-state index contributed by atoms with van der Waals surface area (Å²) in [5.41, 5.74) is 20.9. The van der Waals surface area contributed by atoms with E-state index in [1.54, 1.807) is 0 Å². The van der Waals surface area contributed by atoms with E-state index in [-0.39, 0.29) is 16.2 Å². The molecule has 10 rings (SSSR count). The van der Waals surface area contributed by atoms with Crippen LogP contribution in [-0.2, 0) is 10.8 Å². The Labute approximate surface area is 296 Å². The van der Waals surface area contributed by atoms with E-state index in [0.717, 1.165) is 0 Å². The molecule has 5 aliphatic rings. The Hall–Kier alpha value is -4.94. The largest absolute Gasteiger partial charge is 0.0763 e. The van der Waals surface area contributed by atoms with E-state index in [0.29, 0.717) is 11.8 Å². The summed E-state index contributed by atoms with van der Waals surface area (Å²) in [6.07, 6.45) is 14.6. The van der Waals surface area contributed by atoms with Crippen molar-refractivity contribution in [2.45, 2.75) is 71.1 Å². The number of allylic oxidation sites excluding steroid dienone is 6. The van der Waals surface area contributed by atoms with Crippen molar-refractivity contribution in [1.82, 2.24) is 0 Å². The van der Waals surface area contributed by atoms with E-state index in [4.69, 9.17) is 0 Å². The van der Waals surface area contributed by atoms with Crippen LogP contribution in [0.4, 0.5) is 0 Å². The van der Waals surface area contributed by atoms with Crippen LogP contribution in [0.5, 0.6) is 0 Å². The summed E-state index contributed by atoms with van der Waals surface area (Å²) >= 11 is 0. The molecular weight excluding hydrogens is 601 g/mol. The Bertz CT molecular complexity index is 2570. The molecule has 2 unspecified atom stereocenters. The number of rotatable bonds is 2. The van der Waals surface area contributed by atoms with Gasteiger partial charge in [0, 0.05) is 22.7 Å². The fourth-order valence-electron chi connectivity index (χ4n) is 9.86. The molecule has 0 bridgehead atoms. The molecule has 0 aromatic heterocycles. The standard InChI is InChI=1S/C50H44/c1-48(2,3)35-24-33-13-12-29-14-19-36(41-23-18-34(25-35)46(33)47(29)41)32-17-22-40-39-21-16-31(27-44(39)50(6,7)45(40)28-32)30-15-20-38-37-10-8-9-11-42(37)49(4,5)43(38)26-30/h8-29,33H,1-7H3. The summed E-state index contributed by atoms with van der Waals surface area (Å²) in [5.74, 6) is 0.684. The van der Waals surface area contributed by atoms with Gasteiger partial charge in [0.25, 0.3) is 0 Å². The highest BCUT2D eigenvalue weighted by atomic mass is 14.4. The normalized spacial score (nSPS) is 20.7. The van der Waals surface area contributed by atoms with Gasteiger partial charge in [-0.25, -0.2) is 0 Å². The van der Waals surface area contributed by atoms with E-state index in [9.17, 15) is 0 Å². The predicted molar refractivity (Wildman–Crippen MR) is 211 cm³/mol. The summed E-state index contributed by atoms with van der Waals surface area (Å²) < 4.78 is 0. The fourth-order valence-corrected chi connectivity index (χ4v) is 9.86. The van der Waals surface area contributed by atoms with Gasteiger partial charge in [-0.05, 0) is 118 Å². The zero-order valence-electron chi connectivity index (χ0n) is 30.3. The third kappa shape index (κ3) is 4.00. The topological polar surface area (TPSA) is 0 Å². The lowest BCUT2D eigenvalue weighted by atomic mass is 9.71. The molecule has 2 atom stereocenters. The molecule has 0 saturated heterocycles. The number of hydrogen-bond donors (Lipinski definition) is 0. The Morgan fingerprint density at radius 2 is 1.08 bits per heavy atom. The highest BCUT2D eigenvalue weighted by molar-refractivity contribution is 5.88. The minimum absolute atomic E-state index is 0.00607. The first-order valence-electron chi connectivity index (χ1n) is 18.4. The van der Waals surface area contributed by atoms with E-state index in [1.165, 1.54) is 93.9 Å². The molecule has 0 fully saturated rings. The number of fused-ring (bicyclic) bond motifs is 6. The first-order valence-corrected chi connectivity index (χ1v) is 18.4. The van der Waals surface area contributed by atoms with Gasteiger partial charge in [0.15, 0.2) is 0 Å².